The fourth-order valence-corrected chi connectivity index (χ4v) is 11.5. The van der Waals surface area contributed by atoms with Crippen LogP contribution in [0.15, 0.2) is 0 Å². The SMILES string of the molecule is CC(C)[C@@H]1CC[C@]2(C)CC[C@]3(C)[C@H](CC[C@@H]4[C@@]5(C)CCC(=O)C(C)(C)[C@@H]5CC[C@@]43C)[C@@H]12. The first-order chi connectivity index (χ1) is 14.3. The van der Waals surface area contributed by atoms with Gasteiger partial charge in [0.15, 0.2) is 0 Å². The highest BCUT2D eigenvalue weighted by molar-refractivity contribution is 5.85. The number of ketones is 1. The van der Waals surface area contributed by atoms with E-state index in [0.717, 1.165) is 42.4 Å². The molecule has 0 heterocycles. The standard InChI is InChI=1S/C30H50O/c1-19(2)20-11-14-27(5)17-18-29(7)21(25(20)27)9-10-23-28(6)15-13-24(31)26(3,4)22(28)12-16-30(23,29)8/h19-23,25H,9-18H2,1-8H3/t20-,21+,22-,23+,25+,27+,28-,29+,30-/m0/s1. The van der Waals surface area contributed by atoms with Crippen LogP contribution in [0.3, 0.4) is 0 Å². The van der Waals surface area contributed by atoms with Gasteiger partial charge in [-0.1, -0.05) is 55.4 Å². The zero-order chi connectivity index (χ0) is 22.6. The van der Waals surface area contributed by atoms with Crippen LogP contribution >= 0.6 is 0 Å². The van der Waals surface area contributed by atoms with Gasteiger partial charge in [-0.3, -0.25) is 4.79 Å². The molecule has 0 saturated heterocycles. The molecule has 5 rings (SSSR count). The van der Waals surface area contributed by atoms with Crippen LogP contribution in [0.5, 0.6) is 0 Å². The van der Waals surface area contributed by atoms with Gasteiger partial charge in [0.05, 0.1) is 0 Å². The smallest absolute Gasteiger partial charge is 0.138 e. The van der Waals surface area contributed by atoms with Gasteiger partial charge in [0.1, 0.15) is 5.78 Å². The lowest BCUT2D eigenvalue weighted by molar-refractivity contribution is -0.234. The molecule has 9 atom stereocenters. The zero-order valence-electron chi connectivity index (χ0n) is 21.9. The molecule has 31 heavy (non-hydrogen) atoms. The Bertz CT molecular complexity index is 764. The summed E-state index contributed by atoms with van der Waals surface area (Å²) in [5.74, 6) is 5.56. The molecule has 5 fully saturated rings. The Kier molecular flexibility index (Phi) is 4.80. The molecule has 0 aromatic carbocycles. The summed E-state index contributed by atoms with van der Waals surface area (Å²) in [6.07, 6.45) is 13.3. The van der Waals surface area contributed by atoms with Gasteiger partial charge in [0, 0.05) is 11.8 Å². The predicted molar refractivity (Wildman–Crippen MR) is 130 cm³/mol. The second kappa shape index (κ2) is 6.63. The molecule has 0 spiro atoms. The summed E-state index contributed by atoms with van der Waals surface area (Å²) in [4.78, 5) is 12.9. The summed E-state index contributed by atoms with van der Waals surface area (Å²) in [6.45, 7) is 20.3. The van der Waals surface area contributed by atoms with E-state index in [1.54, 1.807) is 0 Å². The minimum atomic E-state index is -0.120. The fraction of sp³-hybridized carbons (Fsp3) is 0.967. The number of hydrogen-bond acceptors (Lipinski definition) is 1. The van der Waals surface area contributed by atoms with Gasteiger partial charge < -0.3 is 0 Å². The lowest BCUT2D eigenvalue weighted by atomic mass is 9.32. The molecule has 176 valence electrons. The van der Waals surface area contributed by atoms with Crippen LogP contribution in [0.25, 0.3) is 0 Å². The molecular weight excluding hydrogens is 376 g/mol. The minimum absolute atomic E-state index is 0.120. The van der Waals surface area contributed by atoms with Crippen molar-refractivity contribution in [1.29, 1.82) is 0 Å². The van der Waals surface area contributed by atoms with Crippen molar-refractivity contribution in [2.75, 3.05) is 0 Å². The summed E-state index contributed by atoms with van der Waals surface area (Å²) in [6, 6.07) is 0. The zero-order valence-corrected chi connectivity index (χ0v) is 21.9. The molecular formula is C30H50O. The Morgan fingerprint density at radius 3 is 2.13 bits per heavy atom. The van der Waals surface area contributed by atoms with Crippen molar-refractivity contribution in [1.82, 2.24) is 0 Å². The summed E-state index contributed by atoms with van der Waals surface area (Å²) in [5.41, 5.74) is 1.76. The highest BCUT2D eigenvalue weighted by Gasteiger charge is 2.70. The number of hydrogen-bond donors (Lipinski definition) is 0. The van der Waals surface area contributed by atoms with Gasteiger partial charge in [-0.25, -0.2) is 0 Å². The van der Waals surface area contributed by atoms with Crippen molar-refractivity contribution in [3.8, 4) is 0 Å². The third kappa shape index (κ3) is 2.65. The summed E-state index contributed by atoms with van der Waals surface area (Å²) < 4.78 is 0. The number of carbonyl (C=O) groups excluding carboxylic acids is 1. The predicted octanol–water partition coefficient (Wildman–Crippen LogP) is 8.31. The van der Waals surface area contributed by atoms with Crippen molar-refractivity contribution < 1.29 is 4.79 Å². The maximum Gasteiger partial charge on any atom is 0.138 e. The summed E-state index contributed by atoms with van der Waals surface area (Å²) in [5, 5.41) is 0. The molecule has 0 aliphatic heterocycles. The van der Waals surface area contributed by atoms with Crippen LogP contribution in [-0.4, -0.2) is 5.78 Å². The van der Waals surface area contributed by atoms with Crippen molar-refractivity contribution in [3.63, 3.8) is 0 Å². The maximum absolute atomic E-state index is 12.9. The van der Waals surface area contributed by atoms with E-state index in [1.165, 1.54) is 51.4 Å². The Hall–Kier alpha value is -0.330. The first kappa shape index (κ1) is 22.5. The number of rotatable bonds is 1. The quantitative estimate of drug-likeness (QED) is 0.412. The third-order valence-electron chi connectivity index (χ3n) is 13.5. The largest absolute Gasteiger partial charge is 0.299 e. The maximum atomic E-state index is 12.9. The Morgan fingerprint density at radius 1 is 0.742 bits per heavy atom. The van der Waals surface area contributed by atoms with E-state index in [0.29, 0.717) is 33.4 Å². The lowest BCUT2D eigenvalue weighted by Crippen LogP contribution is -2.66. The molecule has 0 amide bonds. The lowest BCUT2D eigenvalue weighted by Gasteiger charge is -2.72. The molecule has 0 aromatic heterocycles. The van der Waals surface area contributed by atoms with Crippen LogP contribution in [-0.2, 0) is 4.79 Å². The molecule has 5 saturated carbocycles. The monoisotopic (exact) mass is 426 g/mol. The first-order valence-electron chi connectivity index (χ1n) is 13.8. The van der Waals surface area contributed by atoms with Gasteiger partial charge in [0.25, 0.3) is 0 Å². The van der Waals surface area contributed by atoms with E-state index < -0.39 is 0 Å². The number of fused-ring (bicyclic) bond motifs is 7. The molecule has 0 bridgehead atoms. The Labute approximate surface area is 192 Å². The molecule has 0 unspecified atom stereocenters. The summed E-state index contributed by atoms with van der Waals surface area (Å²) >= 11 is 0. The molecule has 1 nitrogen and oxygen atoms in total. The van der Waals surface area contributed by atoms with E-state index in [9.17, 15) is 4.79 Å². The second-order valence-electron chi connectivity index (χ2n) is 14.9. The molecule has 1 heteroatoms. The average Bonchev–Trinajstić information content (AvgIpc) is 3.04. The molecule has 0 N–H and O–H groups in total. The first-order valence-corrected chi connectivity index (χ1v) is 13.8. The minimum Gasteiger partial charge on any atom is -0.299 e. The van der Waals surface area contributed by atoms with Crippen LogP contribution in [0.1, 0.15) is 120 Å². The van der Waals surface area contributed by atoms with E-state index in [-0.39, 0.29) is 5.41 Å². The third-order valence-corrected chi connectivity index (χ3v) is 13.5. The molecule has 0 aromatic rings. The van der Waals surface area contributed by atoms with Crippen LogP contribution < -0.4 is 0 Å². The van der Waals surface area contributed by atoms with Gasteiger partial charge >= 0.3 is 0 Å². The van der Waals surface area contributed by atoms with Crippen molar-refractivity contribution in [2.24, 2.45) is 62.6 Å². The van der Waals surface area contributed by atoms with Gasteiger partial charge in [-0.15, -0.1) is 0 Å². The second-order valence-corrected chi connectivity index (χ2v) is 14.9. The van der Waals surface area contributed by atoms with E-state index in [2.05, 4.69) is 55.4 Å². The number of carbonyl (C=O) groups is 1. The molecule has 5 aliphatic carbocycles. The van der Waals surface area contributed by atoms with Crippen molar-refractivity contribution >= 4 is 5.78 Å². The summed E-state index contributed by atoms with van der Waals surface area (Å²) in [7, 11) is 0. The van der Waals surface area contributed by atoms with Gasteiger partial charge in [-0.2, -0.15) is 0 Å². The van der Waals surface area contributed by atoms with Crippen molar-refractivity contribution in [2.45, 2.75) is 120 Å². The average molecular weight is 427 g/mol. The Balaban J connectivity index is 1.54. The van der Waals surface area contributed by atoms with Crippen LogP contribution in [0.4, 0.5) is 0 Å². The highest BCUT2D eigenvalue weighted by Crippen LogP contribution is 2.77. The molecule has 0 radical (unpaired) electrons. The Morgan fingerprint density at radius 2 is 1.45 bits per heavy atom. The van der Waals surface area contributed by atoms with Gasteiger partial charge in [0.2, 0.25) is 0 Å². The topological polar surface area (TPSA) is 17.1 Å². The number of Topliss-reactive ketones (excluding diaryl/α,β-unsaturated/α-hetero) is 1. The van der Waals surface area contributed by atoms with Crippen LogP contribution in [0, 0.1) is 62.6 Å². The van der Waals surface area contributed by atoms with E-state index >= 15 is 0 Å². The van der Waals surface area contributed by atoms with Crippen LogP contribution in [0.2, 0.25) is 0 Å². The van der Waals surface area contributed by atoms with E-state index in [1.807, 2.05) is 0 Å². The normalized spacial score (nSPS) is 55.9. The van der Waals surface area contributed by atoms with E-state index in [4.69, 9.17) is 0 Å². The van der Waals surface area contributed by atoms with Gasteiger partial charge in [-0.05, 0) is 115 Å². The molecule has 5 aliphatic rings. The highest BCUT2D eigenvalue weighted by atomic mass is 16.1. The fourth-order valence-electron chi connectivity index (χ4n) is 11.5. The van der Waals surface area contributed by atoms with Crippen molar-refractivity contribution in [3.05, 3.63) is 0 Å².